The quantitative estimate of drug-likeness (QED) is 0.628. The molecule has 0 fully saturated rings. The molecule has 0 aliphatic carbocycles. The van der Waals surface area contributed by atoms with Gasteiger partial charge in [0.1, 0.15) is 23.1 Å². The number of anilines is 1. The van der Waals surface area contributed by atoms with Gasteiger partial charge in [0.05, 0.1) is 6.61 Å². The van der Waals surface area contributed by atoms with Gasteiger partial charge in [-0.1, -0.05) is 29.8 Å². The Morgan fingerprint density at radius 1 is 1.08 bits per heavy atom. The van der Waals surface area contributed by atoms with Gasteiger partial charge in [-0.25, -0.2) is 4.98 Å². The lowest BCUT2D eigenvalue weighted by atomic mass is 10.2. The zero-order chi connectivity index (χ0) is 18.4. The molecule has 0 aliphatic heterocycles. The summed E-state index contributed by atoms with van der Waals surface area (Å²) in [5.41, 5.74) is 3.31. The summed E-state index contributed by atoms with van der Waals surface area (Å²) in [7, 11) is 1.63. The number of rotatable bonds is 7. The van der Waals surface area contributed by atoms with Crippen LogP contribution in [0.3, 0.4) is 0 Å². The third-order valence-electron chi connectivity index (χ3n) is 3.70. The number of hydrogen-bond acceptors (Lipinski definition) is 5. The van der Waals surface area contributed by atoms with Crippen molar-refractivity contribution in [3.8, 4) is 16.3 Å². The van der Waals surface area contributed by atoms with Crippen LogP contribution in [0.2, 0.25) is 0 Å². The van der Waals surface area contributed by atoms with E-state index in [1.165, 1.54) is 16.9 Å². The minimum absolute atomic E-state index is 0.229. The predicted octanol–water partition coefficient (Wildman–Crippen LogP) is 4.40. The number of hydrogen-bond donors (Lipinski definition) is 1. The van der Waals surface area contributed by atoms with Gasteiger partial charge in [-0.2, -0.15) is 0 Å². The second-order valence-corrected chi connectivity index (χ2v) is 6.58. The van der Waals surface area contributed by atoms with Crippen molar-refractivity contribution in [2.24, 2.45) is 0 Å². The lowest BCUT2D eigenvalue weighted by molar-refractivity contribution is 0.102. The van der Waals surface area contributed by atoms with Crippen LogP contribution in [0.1, 0.15) is 16.1 Å². The van der Waals surface area contributed by atoms with Gasteiger partial charge in [0.25, 0.3) is 5.91 Å². The van der Waals surface area contributed by atoms with E-state index in [4.69, 9.17) is 9.47 Å². The van der Waals surface area contributed by atoms with Crippen LogP contribution >= 0.6 is 11.3 Å². The monoisotopic (exact) mass is 368 g/mol. The van der Waals surface area contributed by atoms with Crippen molar-refractivity contribution in [3.05, 3.63) is 65.2 Å². The van der Waals surface area contributed by atoms with Gasteiger partial charge in [0, 0.05) is 23.7 Å². The number of thiazole rings is 1. The highest BCUT2D eigenvalue weighted by Crippen LogP contribution is 2.24. The van der Waals surface area contributed by atoms with Crippen LogP contribution in [-0.4, -0.2) is 31.2 Å². The fourth-order valence-corrected chi connectivity index (χ4v) is 3.09. The Bertz CT molecular complexity index is 858. The summed E-state index contributed by atoms with van der Waals surface area (Å²) in [6.07, 6.45) is 0. The van der Waals surface area contributed by atoms with E-state index in [0.717, 1.165) is 16.3 Å². The van der Waals surface area contributed by atoms with E-state index in [2.05, 4.69) is 10.3 Å². The summed E-state index contributed by atoms with van der Waals surface area (Å²) in [6.45, 7) is 3.06. The molecule has 0 saturated carbocycles. The number of nitrogens with one attached hydrogen (secondary N) is 1. The first-order valence-corrected chi connectivity index (χ1v) is 9.09. The average Bonchev–Trinajstić information content (AvgIpc) is 3.14. The van der Waals surface area contributed by atoms with Gasteiger partial charge < -0.3 is 14.8 Å². The minimum Gasteiger partial charge on any atom is -0.491 e. The van der Waals surface area contributed by atoms with E-state index in [9.17, 15) is 4.79 Å². The van der Waals surface area contributed by atoms with Crippen molar-refractivity contribution in [2.45, 2.75) is 6.92 Å². The fourth-order valence-electron chi connectivity index (χ4n) is 2.28. The summed E-state index contributed by atoms with van der Waals surface area (Å²) in [4.78, 5) is 16.8. The van der Waals surface area contributed by atoms with E-state index < -0.39 is 0 Å². The number of benzene rings is 2. The maximum Gasteiger partial charge on any atom is 0.275 e. The number of aryl methyl sites for hydroxylation is 1. The summed E-state index contributed by atoms with van der Waals surface area (Å²) >= 11 is 1.46. The molecule has 0 spiro atoms. The second kappa shape index (κ2) is 8.60. The van der Waals surface area contributed by atoms with Crippen LogP contribution in [0.5, 0.6) is 5.75 Å². The van der Waals surface area contributed by atoms with Crippen molar-refractivity contribution in [1.82, 2.24) is 4.98 Å². The molecule has 0 atom stereocenters. The molecule has 3 rings (SSSR count). The topological polar surface area (TPSA) is 60.5 Å². The second-order valence-electron chi connectivity index (χ2n) is 5.72. The van der Waals surface area contributed by atoms with Crippen LogP contribution in [0.25, 0.3) is 10.6 Å². The molecule has 0 aliphatic rings. The molecule has 0 unspecified atom stereocenters. The Morgan fingerprint density at radius 2 is 1.81 bits per heavy atom. The minimum atomic E-state index is -0.229. The zero-order valence-electron chi connectivity index (χ0n) is 14.7. The molecule has 1 amide bonds. The van der Waals surface area contributed by atoms with Crippen LogP contribution in [0.4, 0.5) is 5.69 Å². The van der Waals surface area contributed by atoms with Crippen molar-refractivity contribution in [2.75, 3.05) is 25.6 Å². The summed E-state index contributed by atoms with van der Waals surface area (Å²) < 4.78 is 10.4. The van der Waals surface area contributed by atoms with Crippen molar-refractivity contribution < 1.29 is 14.3 Å². The van der Waals surface area contributed by atoms with Gasteiger partial charge in [-0.3, -0.25) is 4.79 Å². The first-order valence-electron chi connectivity index (χ1n) is 8.21. The number of ether oxygens (including phenoxy) is 2. The predicted molar refractivity (Wildman–Crippen MR) is 104 cm³/mol. The molecule has 3 aromatic rings. The Hall–Kier alpha value is -2.70. The van der Waals surface area contributed by atoms with Crippen molar-refractivity contribution in [3.63, 3.8) is 0 Å². The van der Waals surface area contributed by atoms with Crippen LogP contribution in [0, 0.1) is 6.92 Å². The Morgan fingerprint density at radius 3 is 2.50 bits per heavy atom. The molecule has 1 aromatic heterocycles. The van der Waals surface area contributed by atoms with E-state index in [1.807, 2.05) is 43.3 Å². The molecule has 1 heterocycles. The maximum atomic E-state index is 12.4. The van der Waals surface area contributed by atoms with E-state index in [1.54, 1.807) is 24.6 Å². The number of carbonyl (C=O) groups excluding carboxylic acids is 1. The van der Waals surface area contributed by atoms with Gasteiger partial charge in [-0.15, -0.1) is 11.3 Å². The van der Waals surface area contributed by atoms with E-state index in [-0.39, 0.29) is 5.91 Å². The SMILES string of the molecule is COCCOc1ccc(NC(=O)c2csc(-c3ccc(C)cc3)n2)cc1. The molecular weight excluding hydrogens is 348 g/mol. The van der Waals surface area contributed by atoms with Crippen LogP contribution < -0.4 is 10.1 Å². The standard InChI is InChI=1S/C20H20N2O3S/c1-14-3-5-15(6-4-14)20-22-18(13-26-20)19(23)21-16-7-9-17(10-8-16)25-12-11-24-2/h3-10,13H,11-12H2,1-2H3,(H,21,23). The Kier molecular flexibility index (Phi) is 5.99. The maximum absolute atomic E-state index is 12.4. The van der Waals surface area contributed by atoms with Crippen LogP contribution in [0.15, 0.2) is 53.9 Å². The molecule has 134 valence electrons. The molecule has 6 heteroatoms. The highest BCUT2D eigenvalue weighted by atomic mass is 32.1. The third kappa shape index (κ3) is 4.68. The highest BCUT2D eigenvalue weighted by molar-refractivity contribution is 7.13. The summed E-state index contributed by atoms with van der Waals surface area (Å²) in [5.74, 6) is 0.503. The smallest absolute Gasteiger partial charge is 0.275 e. The molecule has 1 N–H and O–H groups in total. The molecule has 0 radical (unpaired) electrons. The van der Waals surface area contributed by atoms with E-state index in [0.29, 0.717) is 24.6 Å². The third-order valence-corrected chi connectivity index (χ3v) is 4.60. The van der Waals surface area contributed by atoms with Gasteiger partial charge in [0.15, 0.2) is 0 Å². The molecular formula is C20H20N2O3S. The largest absolute Gasteiger partial charge is 0.491 e. The Labute approximate surface area is 156 Å². The lowest BCUT2D eigenvalue weighted by Gasteiger charge is -2.07. The summed E-state index contributed by atoms with van der Waals surface area (Å²) in [5, 5.41) is 5.45. The number of aromatic nitrogens is 1. The Balaban J connectivity index is 1.62. The number of carbonyl (C=O) groups is 1. The number of nitrogens with zero attached hydrogens (tertiary/aromatic N) is 1. The van der Waals surface area contributed by atoms with Gasteiger partial charge >= 0.3 is 0 Å². The zero-order valence-corrected chi connectivity index (χ0v) is 15.5. The average molecular weight is 368 g/mol. The normalized spacial score (nSPS) is 10.5. The molecule has 2 aromatic carbocycles. The van der Waals surface area contributed by atoms with Crippen LogP contribution in [-0.2, 0) is 4.74 Å². The number of amides is 1. The molecule has 0 bridgehead atoms. The first kappa shape index (κ1) is 18.1. The van der Waals surface area contributed by atoms with Crippen molar-refractivity contribution in [1.29, 1.82) is 0 Å². The lowest BCUT2D eigenvalue weighted by Crippen LogP contribution is -2.12. The first-order chi connectivity index (χ1) is 12.7. The molecule has 5 nitrogen and oxygen atoms in total. The van der Waals surface area contributed by atoms with Crippen molar-refractivity contribution >= 4 is 22.9 Å². The van der Waals surface area contributed by atoms with E-state index >= 15 is 0 Å². The molecule has 26 heavy (non-hydrogen) atoms. The molecule has 0 saturated heterocycles. The highest BCUT2D eigenvalue weighted by Gasteiger charge is 2.12. The number of methoxy groups -OCH3 is 1. The fraction of sp³-hybridized carbons (Fsp3) is 0.200. The van der Waals surface area contributed by atoms with Gasteiger partial charge in [-0.05, 0) is 31.2 Å². The van der Waals surface area contributed by atoms with Gasteiger partial charge in [0.2, 0.25) is 0 Å². The summed E-state index contributed by atoms with van der Waals surface area (Å²) in [6, 6.07) is 15.3.